The van der Waals surface area contributed by atoms with Crippen LogP contribution < -0.4 is 0 Å². The Labute approximate surface area is 106 Å². The van der Waals surface area contributed by atoms with Gasteiger partial charge in [-0.15, -0.1) is 0 Å². The molecule has 0 heterocycles. The number of carbonyl (C=O) groups is 2. The lowest BCUT2D eigenvalue weighted by Crippen LogP contribution is -2.38. The normalized spacial score (nSPS) is 26.8. The molecule has 0 aliphatic heterocycles. The predicted molar refractivity (Wildman–Crippen MR) is 65.9 cm³/mol. The minimum absolute atomic E-state index is 0.277. The molecule has 0 aromatic carbocycles. The first kappa shape index (κ1) is 12.6. The van der Waals surface area contributed by atoms with E-state index in [4.69, 9.17) is 4.74 Å². The van der Waals surface area contributed by atoms with Gasteiger partial charge in [0.25, 0.3) is 0 Å². The molecule has 18 heavy (non-hydrogen) atoms. The maximum absolute atomic E-state index is 12.2. The average Bonchev–Trinajstić information content (AvgIpc) is 2.35. The molecule has 0 fully saturated rings. The van der Waals surface area contributed by atoms with Crippen LogP contribution in [0.2, 0.25) is 0 Å². The van der Waals surface area contributed by atoms with Gasteiger partial charge >= 0.3 is 5.97 Å². The van der Waals surface area contributed by atoms with Gasteiger partial charge in [-0.3, -0.25) is 9.59 Å². The van der Waals surface area contributed by atoms with E-state index >= 15 is 0 Å². The number of ketones is 1. The van der Waals surface area contributed by atoms with Gasteiger partial charge in [0.2, 0.25) is 5.78 Å². The van der Waals surface area contributed by atoms with Crippen LogP contribution in [0.4, 0.5) is 0 Å². The van der Waals surface area contributed by atoms with E-state index in [0.29, 0.717) is 18.4 Å². The maximum Gasteiger partial charge on any atom is 0.320 e. The van der Waals surface area contributed by atoms with Crippen molar-refractivity contribution in [3.05, 3.63) is 35.1 Å². The van der Waals surface area contributed by atoms with Crippen molar-refractivity contribution in [2.75, 3.05) is 6.61 Å². The zero-order chi connectivity index (χ0) is 13.3. The standard InChI is InChI=1S/C14H16O4/c1-3-18-13(17)14-6-4-9(2)8-10(14)12(16)11(15)5-7-14/h4-5,7,16H,3,6,8H2,1-2H3/t14-/m0/s1. The number of fused-ring (bicyclic) bond motifs is 1. The van der Waals surface area contributed by atoms with E-state index in [1.165, 1.54) is 6.08 Å². The molecule has 0 aromatic heterocycles. The van der Waals surface area contributed by atoms with Gasteiger partial charge in [0.05, 0.1) is 6.61 Å². The summed E-state index contributed by atoms with van der Waals surface area (Å²) in [7, 11) is 0. The van der Waals surface area contributed by atoms with Crippen molar-refractivity contribution in [3.63, 3.8) is 0 Å². The number of ether oxygens (including phenoxy) is 1. The largest absolute Gasteiger partial charge is 0.504 e. The van der Waals surface area contributed by atoms with Crippen LogP contribution in [-0.2, 0) is 14.3 Å². The molecule has 0 saturated carbocycles. The Morgan fingerprint density at radius 1 is 1.56 bits per heavy atom. The van der Waals surface area contributed by atoms with Crippen LogP contribution in [0.5, 0.6) is 0 Å². The summed E-state index contributed by atoms with van der Waals surface area (Å²) in [6.07, 6.45) is 5.63. The number of esters is 1. The van der Waals surface area contributed by atoms with E-state index in [1.54, 1.807) is 13.0 Å². The molecule has 0 saturated heterocycles. The molecule has 2 aliphatic carbocycles. The smallest absolute Gasteiger partial charge is 0.320 e. The third-order valence-electron chi connectivity index (χ3n) is 3.44. The van der Waals surface area contributed by atoms with Crippen LogP contribution in [0.3, 0.4) is 0 Å². The van der Waals surface area contributed by atoms with Gasteiger partial charge in [-0.25, -0.2) is 0 Å². The van der Waals surface area contributed by atoms with Crippen LogP contribution >= 0.6 is 0 Å². The molecule has 2 rings (SSSR count). The van der Waals surface area contributed by atoms with Crippen LogP contribution in [0.25, 0.3) is 0 Å². The second-order valence-corrected chi connectivity index (χ2v) is 4.65. The molecule has 4 nitrogen and oxygen atoms in total. The monoisotopic (exact) mass is 248 g/mol. The summed E-state index contributed by atoms with van der Waals surface area (Å²) in [5.74, 6) is -1.16. The highest BCUT2D eigenvalue weighted by molar-refractivity contribution is 6.06. The number of rotatable bonds is 2. The minimum atomic E-state index is -0.993. The van der Waals surface area contributed by atoms with Crippen molar-refractivity contribution in [1.29, 1.82) is 0 Å². The highest BCUT2D eigenvalue weighted by Gasteiger charge is 2.46. The molecule has 96 valence electrons. The van der Waals surface area contributed by atoms with Crippen molar-refractivity contribution in [2.24, 2.45) is 5.41 Å². The van der Waals surface area contributed by atoms with Crippen molar-refractivity contribution >= 4 is 11.8 Å². The van der Waals surface area contributed by atoms with E-state index in [9.17, 15) is 14.7 Å². The quantitative estimate of drug-likeness (QED) is 0.601. The fourth-order valence-corrected chi connectivity index (χ4v) is 2.41. The second-order valence-electron chi connectivity index (χ2n) is 4.65. The van der Waals surface area contributed by atoms with E-state index in [-0.39, 0.29) is 12.4 Å². The third kappa shape index (κ3) is 1.78. The molecule has 4 heteroatoms. The van der Waals surface area contributed by atoms with E-state index in [1.807, 2.05) is 13.0 Å². The Hall–Kier alpha value is -1.84. The fourth-order valence-electron chi connectivity index (χ4n) is 2.41. The number of carbonyl (C=O) groups excluding carboxylic acids is 2. The van der Waals surface area contributed by atoms with Gasteiger partial charge in [0.15, 0.2) is 5.76 Å². The molecule has 0 spiro atoms. The maximum atomic E-state index is 12.2. The summed E-state index contributed by atoms with van der Waals surface area (Å²) >= 11 is 0. The average molecular weight is 248 g/mol. The lowest BCUT2D eigenvalue weighted by atomic mass is 9.68. The number of hydrogen-bond donors (Lipinski definition) is 1. The number of hydrogen-bond acceptors (Lipinski definition) is 4. The van der Waals surface area contributed by atoms with Crippen molar-refractivity contribution in [3.8, 4) is 0 Å². The van der Waals surface area contributed by atoms with Crippen LogP contribution in [0, 0.1) is 5.41 Å². The SMILES string of the molecule is CCOC(=O)[C@@]12C=CC(=O)C(O)=C1CC(C)=CC2. The predicted octanol–water partition coefficient (Wildman–Crippen LogP) is 2.23. The number of aliphatic hydroxyl groups excluding tert-OH is 1. The van der Waals surface area contributed by atoms with Gasteiger partial charge < -0.3 is 9.84 Å². The fraction of sp³-hybridized carbons (Fsp3) is 0.429. The molecular weight excluding hydrogens is 232 g/mol. The van der Waals surface area contributed by atoms with Crippen molar-refractivity contribution in [1.82, 2.24) is 0 Å². The minimum Gasteiger partial charge on any atom is -0.504 e. The molecule has 0 aromatic rings. The molecule has 0 bridgehead atoms. The number of allylic oxidation sites excluding steroid dienone is 3. The van der Waals surface area contributed by atoms with E-state index < -0.39 is 17.2 Å². The Balaban J connectivity index is 2.52. The Morgan fingerprint density at radius 2 is 2.28 bits per heavy atom. The lowest BCUT2D eigenvalue weighted by Gasteiger charge is -2.35. The van der Waals surface area contributed by atoms with Crippen molar-refractivity contribution in [2.45, 2.75) is 26.7 Å². The Bertz CT molecular complexity index is 496. The molecule has 0 radical (unpaired) electrons. The van der Waals surface area contributed by atoms with E-state index in [0.717, 1.165) is 5.57 Å². The third-order valence-corrected chi connectivity index (χ3v) is 3.44. The topological polar surface area (TPSA) is 63.6 Å². The Morgan fingerprint density at radius 3 is 2.94 bits per heavy atom. The summed E-state index contributed by atoms with van der Waals surface area (Å²) in [5, 5.41) is 9.92. The highest BCUT2D eigenvalue weighted by atomic mass is 16.5. The summed E-state index contributed by atoms with van der Waals surface area (Å²) in [4.78, 5) is 23.7. The van der Waals surface area contributed by atoms with Gasteiger partial charge in [-0.05, 0) is 32.8 Å². The van der Waals surface area contributed by atoms with Crippen LogP contribution in [0.15, 0.2) is 35.1 Å². The summed E-state index contributed by atoms with van der Waals surface area (Å²) < 4.78 is 5.08. The molecular formula is C14H16O4. The number of aliphatic hydroxyl groups is 1. The van der Waals surface area contributed by atoms with Gasteiger partial charge in [0, 0.05) is 5.57 Å². The van der Waals surface area contributed by atoms with Gasteiger partial charge in [-0.2, -0.15) is 0 Å². The first-order valence-electron chi connectivity index (χ1n) is 6.00. The molecule has 0 amide bonds. The summed E-state index contributed by atoms with van der Waals surface area (Å²) in [6, 6.07) is 0. The highest BCUT2D eigenvalue weighted by Crippen LogP contribution is 2.45. The summed E-state index contributed by atoms with van der Waals surface area (Å²) in [6.45, 7) is 3.93. The lowest BCUT2D eigenvalue weighted by molar-refractivity contribution is -0.150. The van der Waals surface area contributed by atoms with Crippen LogP contribution in [-0.4, -0.2) is 23.5 Å². The van der Waals surface area contributed by atoms with Gasteiger partial charge in [0.1, 0.15) is 5.41 Å². The molecule has 1 N–H and O–H groups in total. The van der Waals surface area contributed by atoms with Gasteiger partial charge in [-0.1, -0.05) is 17.7 Å². The zero-order valence-electron chi connectivity index (χ0n) is 10.5. The first-order chi connectivity index (χ1) is 8.51. The van der Waals surface area contributed by atoms with Crippen LogP contribution in [0.1, 0.15) is 26.7 Å². The van der Waals surface area contributed by atoms with Crippen molar-refractivity contribution < 1.29 is 19.4 Å². The van der Waals surface area contributed by atoms with E-state index in [2.05, 4.69) is 0 Å². The Kier molecular flexibility index (Phi) is 3.11. The first-order valence-corrected chi connectivity index (χ1v) is 6.00. The molecule has 1 atom stereocenters. The summed E-state index contributed by atoms with van der Waals surface area (Å²) in [5.41, 5.74) is 0.515. The zero-order valence-corrected chi connectivity index (χ0v) is 10.5. The second kappa shape index (κ2) is 4.44. The molecule has 0 unspecified atom stereocenters. The molecule has 2 aliphatic rings.